The molecule has 102 valence electrons. The highest BCUT2D eigenvalue weighted by Gasteiger charge is 2.08. The number of ether oxygens (including phenoxy) is 2. The second-order valence-corrected chi connectivity index (χ2v) is 4.04. The highest BCUT2D eigenvalue weighted by atomic mass is 35.5. The topological polar surface area (TPSA) is 65.4 Å². The average Bonchev–Trinajstić information content (AvgIpc) is 2.38. The summed E-state index contributed by atoms with van der Waals surface area (Å²) in [7, 11) is 3.21. The molecule has 0 spiro atoms. The van der Waals surface area contributed by atoms with Gasteiger partial charge in [-0.25, -0.2) is 4.68 Å². The van der Waals surface area contributed by atoms with Crippen molar-refractivity contribution in [2.24, 2.45) is 0 Å². The van der Waals surface area contributed by atoms with Gasteiger partial charge in [0.2, 0.25) is 0 Å². The molecule has 1 heterocycles. The lowest BCUT2D eigenvalue weighted by Crippen LogP contribution is -2.26. The van der Waals surface area contributed by atoms with E-state index in [-0.39, 0.29) is 10.6 Å². The van der Waals surface area contributed by atoms with Gasteiger partial charge in [-0.15, -0.1) is 0 Å². The summed E-state index contributed by atoms with van der Waals surface area (Å²) in [4.78, 5) is 11.8. The van der Waals surface area contributed by atoms with Gasteiger partial charge in [-0.3, -0.25) is 4.79 Å². The van der Waals surface area contributed by atoms with Crippen LogP contribution in [0.15, 0.2) is 11.0 Å². The molecule has 0 atom stereocenters. The Morgan fingerprint density at radius 2 is 2.11 bits per heavy atom. The molecule has 1 N–H and O–H groups in total. The summed E-state index contributed by atoms with van der Waals surface area (Å²) in [5.74, 6) is 0. The molecule has 0 radical (unpaired) electrons. The minimum atomic E-state index is -0.314. The van der Waals surface area contributed by atoms with Crippen molar-refractivity contribution in [3.05, 3.63) is 21.6 Å². The van der Waals surface area contributed by atoms with Crippen molar-refractivity contribution in [2.75, 3.05) is 39.3 Å². The van der Waals surface area contributed by atoms with Crippen LogP contribution in [0.3, 0.4) is 0 Å². The third-order valence-corrected chi connectivity index (χ3v) is 2.70. The molecule has 0 aliphatic heterocycles. The van der Waals surface area contributed by atoms with Gasteiger partial charge in [-0.05, 0) is 6.42 Å². The molecule has 0 amide bonds. The van der Waals surface area contributed by atoms with E-state index in [1.807, 2.05) is 0 Å². The SMILES string of the molecule is COCCCNc1cnn(CCOC)c(=O)c1Cl. The number of hydrogen-bond acceptors (Lipinski definition) is 5. The van der Waals surface area contributed by atoms with Crippen LogP contribution in [0.1, 0.15) is 6.42 Å². The molecule has 0 saturated carbocycles. The number of hydrogen-bond donors (Lipinski definition) is 1. The molecule has 1 aromatic rings. The molecule has 6 nitrogen and oxygen atoms in total. The predicted octanol–water partition coefficient (Wildman–Crippen LogP) is 0.991. The molecule has 0 fully saturated rings. The standard InChI is InChI=1S/C11H18ClN3O3/c1-17-6-3-4-13-9-8-14-15(5-7-18-2)11(16)10(9)12/h8,13H,3-7H2,1-2H3. The van der Waals surface area contributed by atoms with Crippen molar-refractivity contribution in [1.82, 2.24) is 9.78 Å². The van der Waals surface area contributed by atoms with Crippen LogP contribution in [0.4, 0.5) is 5.69 Å². The fraction of sp³-hybridized carbons (Fsp3) is 0.636. The number of nitrogens with one attached hydrogen (secondary N) is 1. The van der Waals surface area contributed by atoms with Gasteiger partial charge in [0.1, 0.15) is 5.02 Å². The maximum absolute atomic E-state index is 11.8. The monoisotopic (exact) mass is 275 g/mol. The Hall–Kier alpha value is -1.11. The van der Waals surface area contributed by atoms with Gasteiger partial charge < -0.3 is 14.8 Å². The lowest BCUT2D eigenvalue weighted by atomic mass is 10.4. The van der Waals surface area contributed by atoms with E-state index in [4.69, 9.17) is 21.1 Å². The highest BCUT2D eigenvalue weighted by molar-refractivity contribution is 6.32. The van der Waals surface area contributed by atoms with Crippen molar-refractivity contribution < 1.29 is 9.47 Å². The predicted molar refractivity (Wildman–Crippen MR) is 70.4 cm³/mol. The summed E-state index contributed by atoms with van der Waals surface area (Å²) in [6, 6.07) is 0. The normalized spacial score (nSPS) is 10.6. The Morgan fingerprint density at radius 3 is 2.78 bits per heavy atom. The zero-order chi connectivity index (χ0) is 13.4. The van der Waals surface area contributed by atoms with E-state index in [0.717, 1.165) is 6.42 Å². The number of anilines is 1. The summed E-state index contributed by atoms with van der Waals surface area (Å²) >= 11 is 5.98. The molecule has 7 heteroatoms. The molecule has 1 rings (SSSR count). The van der Waals surface area contributed by atoms with Gasteiger partial charge in [0.15, 0.2) is 0 Å². The van der Waals surface area contributed by atoms with Crippen LogP contribution in [0.5, 0.6) is 0 Å². The second-order valence-electron chi connectivity index (χ2n) is 3.67. The summed E-state index contributed by atoms with van der Waals surface area (Å²) in [6.07, 6.45) is 2.38. The van der Waals surface area contributed by atoms with Crippen LogP contribution in [-0.4, -0.2) is 43.8 Å². The lowest BCUT2D eigenvalue weighted by Gasteiger charge is -2.09. The third-order valence-electron chi connectivity index (χ3n) is 2.33. The number of nitrogens with zero attached hydrogens (tertiary/aromatic N) is 2. The molecule has 0 saturated heterocycles. The van der Waals surface area contributed by atoms with Crippen LogP contribution in [0, 0.1) is 0 Å². The first kappa shape index (κ1) is 14.9. The molecular formula is C11H18ClN3O3. The zero-order valence-electron chi connectivity index (χ0n) is 10.6. The number of methoxy groups -OCH3 is 2. The fourth-order valence-electron chi connectivity index (χ4n) is 1.36. The van der Waals surface area contributed by atoms with Crippen molar-refractivity contribution in [3.63, 3.8) is 0 Å². The van der Waals surface area contributed by atoms with Crippen LogP contribution >= 0.6 is 11.6 Å². The summed E-state index contributed by atoms with van der Waals surface area (Å²) in [5, 5.41) is 7.23. The smallest absolute Gasteiger partial charge is 0.287 e. The van der Waals surface area contributed by atoms with Crippen molar-refractivity contribution in [3.8, 4) is 0 Å². The first-order valence-electron chi connectivity index (χ1n) is 5.68. The Kier molecular flexibility index (Phi) is 6.70. The first-order valence-corrected chi connectivity index (χ1v) is 6.06. The van der Waals surface area contributed by atoms with Crippen molar-refractivity contribution in [2.45, 2.75) is 13.0 Å². The molecule has 1 aromatic heterocycles. The van der Waals surface area contributed by atoms with E-state index in [1.54, 1.807) is 20.4 Å². The Balaban J connectivity index is 2.65. The fourth-order valence-corrected chi connectivity index (χ4v) is 1.58. The molecule has 0 aliphatic carbocycles. The molecule has 0 unspecified atom stereocenters. The molecule has 0 aliphatic rings. The Bertz CT molecular complexity index is 422. The number of rotatable bonds is 8. The quantitative estimate of drug-likeness (QED) is 0.717. The number of halogens is 1. The average molecular weight is 276 g/mol. The maximum atomic E-state index is 11.8. The van der Waals surface area contributed by atoms with E-state index in [0.29, 0.717) is 32.0 Å². The molecular weight excluding hydrogens is 258 g/mol. The first-order chi connectivity index (χ1) is 8.70. The Labute approximate surface area is 111 Å². The van der Waals surface area contributed by atoms with Crippen LogP contribution in [-0.2, 0) is 16.0 Å². The Morgan fingerprint density at radius 1 is 1.39 bits per heavy atom. The largest absolute Gasteiger partial charge is 0.385 e. The minimum absolute atomic E-state index is 0.151. The van der Waals surface area contributed by atoms with Crippen LogP contribution in [0.2, 0.25) is 5.02 Å². The highest BCUT2D eigenvalue weighted by Crippen LogP contribution is 2.14. The van der Waals surface area contributed by atoms with Gasteiger partial charge in [0.05, 0.1) is 25.0 Å². The van der Waals surface area contributed by atoms with E-state index in [2.05, 4.69) is 10.4 Å². The number of aromatic nitrogens is 2. The van der Waals surface area contributed by atoms with Gasteiger partial charge in [-0.2, -0.15) is 5.10 Å². The van der Waals surface area contributed by atoms with Crippen molar-refractivity contribution in [1.29, 1.82) is 0 Å². The second kappa shape index (κ2) is 8.07. The molecule has 0 aromatic carbocycles. The van der Waals surface area contributed by atoms with E-state index in [1.165, 1.54) is 4.68 Å². The summed E-state index contributed by atoms with van der Waals surface area (Å²) in [5.41, 5.74) is 0.233. The van der Waals surface area contributed by atoms with E-state index >= 15 is 0 Å². The van der Waals surface area contributed by atoms with Crippen LogP contribution < -0.4 is 10.9 Å². The minimum Gasteiger partial charge on any atom is -0.385 e. The molecule has 18 heavy (non-hydrogen) atoms. The molecule has 0 bridgehead atoms. The zero-order valence-corrected chi connectivity index (χ0v) is 11.4. The van der Waals surface area contributed by atoms with Crippen LogP contribution in [0.25, 0.3) is 0 Å². The van der Waals surface area contributed by atoms with Gasteiger partial charge in [-0.1, -0.05) is 11.6 Å². The van der Waals surface area contributed by atoms with E-state index < -0.39 is 0 Å². The third kappa shape index (κ3) is 4.29. The maximum Gasteiger partial charge on any atom is 0.287 e. The van der Waals surface area contributed by atoms with Gasteiger partial charge in [0, 0.05) is 27.4 Å². The van der Waals surface area contributed by atoms with Gasteiger partial charge in [0.25, 0.3) is 5.56 Å². The summed E-state index contributed by atoms with van der Waals surface area (Å²) in [6.45, 7) is 2.14. The van der Waals surface area contributed by atoms with Gasteiger partial charge >= 0.3 is 0 Å². The lowest BCUT2D eigenvalue weighted by molar-refractivity contribution is 0.182. The summed E-state index contributed by atoms with van der Waals surface area (Å²) < 4.78 is 11.1. The van der Waals surface area contributed by atoms with Crippen molar-refractivity contribution >= 4 is 17.3 Å². The van der Waals surface area contributed by atoms with E-state index in [9.17, 15) is 4.79 Å².